The minimum atomic E-state index is -0.241. The molecule has 2 atom stereocenters. The van der Waals surface area contributed by atoms with Crippen LogP contribution in [0.1, 0.15) is 49.0 Å². The van der Waals surface area contributed by atoms with Crippen molar-refractivity contribution < 1.29 is 19.0 Å². The highest BCUT2D eigenvalue weighted by atomic mass is 16.5. The zero-order valence-electron chi connectivity index (χ0n) is 23.2. The lowest BCUT2D eigenvalue weighted by molar-refractivity contribution is -0.145. The molecule has 4 aromatic rings. The van der Waals surface area contributed by atoms with Gasteiger partial charge in [0.25, 0.3) is 0 Å². The third kappa shape index (κ3) is 7.06. The van der Waals surface area contributed by atoms with Crippen LogP contribution in [0.2, 0.25) is 0 Å². The van der Waals surface area contributed by atoms with Crippen molar-refractivity contribution in [3.05, 3.63) is 120 Å². The van der Waals surface area contributed by atoms with E-state index in [1.54, 1.807) is 14.2 Å². The predicted octanol–water partition coefficient (Wildman–Crippen LogP) is 7.63. The van der Waals surface area contributed by atoms with E-state index >= 15 is 0 Å². The van der Waals surface area contributed by atoms with E-state index in [0.717, 1.165) is 28.2 Å². The van der Waals surface area contributed by atoms with Gasteiger partial charge in [-0.3, -0.25) is 9.69 Å². The monoisotopic (exact) mass is 523 g/mol. The minimum Gasteiger partial charge on any atom is -0.497 e. The second-order valence-corrected chi connectivity index (χ2v) is 9.46. The second kappa shape index (κ2) is 13.6. The predicted molar refractivity (Wildman–Crippen MR) is 156 cm³/mol. The maximum Gasteiger partial charge on any atom is 0.307 e. The van der Waals surface area contributed by atoms with Crippen molar-refractivity contribution >= 4 is 5.97 Å². The zero-order chi connectivity index (χ0) is 27.6. The van der Waals surface area contributed by atoms with Crippen molar-refractivity contribution in [2.75, 3.05) is 20.8 Å². The summed E-state index contributed by atoms with van der Waals surface area (Å²) in [6.07, 6.45) is 0.224. The van der Waals surface area contributed by atoms with Gasteiger partial charge in [-0.25, -0.2) is 0 Å². The van der Waals surface area contributed by atoms with Crippen molar-refractivity contribution in [3.8, 4) is 22.6 Å². The van der Waals surface area contributed by atoms with Crippen molar-refractivity contribution in [3.63, 3.8) is 0 Å². The van der Waals surface area contributed by atoms with Gasteiger partial charge < -0.3 is 14.2 Å². The number of benzene rings is 4. The first-order valence-corrected chi connectivity index (χ1v) is 13.4. The van der Waals surface area contributed by atoms with E-state index in [9.17, 15) is 4.79 Å². The molecule has 0 aromatic heterocycles. The Morgan fingerprint density at radius 3 is 2.18 bits per heavy atom. The minimum absolute atomic E-state index is 0.0354. The van der Waals surface area contributed by atoms with Crippen LogP contribution in [0.3, 0.4) is 0 Å². The number of ether oxygens (including phenoxy) is 3. The third-order valence-corrected chi connectivity index (χ3v) is 7.04. The van der Waals surface area contributed by atoms with Gasteiger partial charge in [-0.05, 0) is 60.4 Å². The molecule has 0 aliphatic heterocycles. The summed E-state index contributed by atoms with van der Waals surface area (Å²) in [5.74, 6) is 1.30. The van der Waals surface area contributed by atoms with Gasteiger partial charge in [0.1, 0.15) is 11.5 Å². The first-order valence-electron chi connectivity index (χ1n) is 13.4. The van der Waals surface area contributed by atoms with Crippen LogP contribution in [0.15, 0.2) is 103 Å². The summed E-state index contributed by atoms with van der Waals surface area (Å²) in [6.45, 7) is 5.05. The highest BCUT2D eigenvalue weighted by Crippen LogP contribution is 2.39. The molecular formula is C34H37NO4. The molecule has 0 fully saturated rings. The van der Waals surface area contributed by atoms with Gasteiger partial charge in [0.15, 0.2) is 0 Å². The normalized spacial score (nSPS) is 12.5. The van der Waals surface area contributed by atoms with Gasteiger partial charge in [0.2, 0.25) is 0 Å². The summed E-state index contributed by atoms with van der Waals surface area (Å²) in [4.78, 5) is 15.4. The summed E-state index contributed by atoms with van der Waals surface area (Å²) in [6, 6.07) is 34.7. The maximum absolute atomic E-state index is 13.0. The number of esters is 1. The molecule has 5 heteroatoms. The Labute approximate surface area is 232 Å². The van der Waals surface area contributed by atoms with Crippen LogP contribution in [-0.4, -0.2) is 31.7 Å². The van der Waals surface area contributed by atoms with Gasteiger partial charge >= 0.3 is 5.97 Å². The molecule has 0 amide bonds. The Morgan fingerprint density at radius 1 is 0.795 bits per heavy atom. The molecule has 0 N–H and O–H groups in total. The SMILES string of the molecule is CCOC(=O)C[C@@H](c1ccc(OC)c(-c2cccc(OC)c2)c1)N(Cc1ccccc1)[C@H](C)c1ccccc1. The average Bonchev–Trinajstić information content (AvgIpc) is 2.99. The zero-order valence-corrected chi connectivity index (χ0v) is 23.2. The van der Waals surface area contributed by atoms with Crippen molar-refractivity contribution in [1.29, 1.82) is 0 Å². The maximum atomic E-state index is 13.0. The number of hydrogen-bond acceptors (Lipinski definition) is 5. The van der Waals surface area contributed by atoms with E-state index in [1.165, 1.54) is 11.1 Å². The first kappa shape index (κ1) is 27.9. The van der Waals surface area contributed by atoms with Gasteiger partial charge in [0, 0.05) is 24.2 Å². The smallest absolute Gasteiger partial charge is 0.307 e. The number of rotatable bonds is 12. The first-order chi connectivity index (χ1) is 19.0. The molecule has 0 bridgehead atoms. The molecule has 0 heterocycles. The van der Waals surface area contributed by atoms with E-state index in [2.05, 4.69) is 72.5 Å². The molecule has 0 spiro atoms. The summed E-state index contributed by atoms with van der Waals surface area (Å²) in [5.41, 5.74) is 5.29. The van der Waals surface area contributed by atoms with Crippen LogP contribution in [0, 0.1) is 0 Å². The largest absolute Gasteiger partial charge is 0.497 e. The van der Waals surface area contributed by atoms with Crippen LogP contribution >= 0.6 is 0 Å². The van der Waals surface area contributed by atoms with Crippen molar-refractivity contribution in [2.45, 2.75) is 38.9 Å². The summed E-state index contributed by atoms with van der Waals surface area (Å²) in [7, 11) is 3.34. The highest BCUT2D eigenvalue weighted by Gasteiger charge is 2.29. The number of methoxy groups -OCH3 is 2. The Hall–Kier alpha value is -4.09. The van der Waals surface area contributed by atoms with E-state index < -0.39 is 0 Å². The fourth-order valence-corrected chi connectivity index (χ4v) is 4.99. The molecule has 0 unspecified atom stereocenters. The Kier molecular flexibility index (Phi) is 9.76. The molecule has 0 radical (unpaired) electrons. The molecule has 4 aromatic carbocycles. The van der Waals surface area contributed by atoms with Gasteiger partial charge in [-0.15, -0.1) is 0 Å². The number of nitrogens with zero attached hydrogens (tertiary/aromatic N) is 1. The van der Waals surface area contributed by atoms with E-state index in [0.29, 0.717) is 13.2 Å². The van der Waals surface area contributed by atoms with Crippen LogP contribution in [0.4, 0.5) is 0 Å². The average molecular weight is 524 g/mol. The molecule has 4 rings (SSSR count). The van der Waals surface area contributed by atoms with Crippen molar-refractivity contribution in [2.24, 2.45) is 0 Å². The Morgan fingerprint density at radius 2 is 1.51 bits per heavy atom. The van der Waals surface area contributed by atoms with E-state index in [-0.39, 0.29) is 24.5 Å². The lowest BCUT2D eigenvalue weighted by atomic mass is 9.93. The van der Waals surface area contributed by atoms with Gasteiger partial charge in [0.05, 0.1) is 27.2 Å². The summed E-state index contributed by atoms with van der Waals surface area (Å²) in [5, 5.41) is 0. The number of hydrogen-bond donors (Lipinski definition) is 0. The molecule has 0 aliphatic carbocycles. The standard InChI is InChI=1S/C34H37NO4/c1-5-39-34(36)23-32(29-19-20-33(38-4)31(22-29)28-17-12-18-30(21-28)37-3)35(24-26-13-8-6-9-14-26)25(2)27-15-10-7-11-16-27/h6-22,25,32H,5,23-24H2,1-4H3/t25-,32+/m1/s1. The second-order valence-electron chi connectivity index (χ2n) is 9.46. The summed E-state index contributed by atoms with van der Waals surface area (Å²) >= 11 is 0. The fraction of sp³-hybridized carbons (Fsp3) is 0.265. The number of carbonyl (C=O) groups is 1. The lowest BCUT2D eigenvalue weighted by Crippen LogP contribution is -2.33. The summed E-state index contributed by atoms with van der Waals surface area (Å²) < 4.78 is 16.7. The van der Waals surface area contributed by atoms with E-state index in [4.69, 9.17) is 14.2 Å². The molecule has 39 heavy (non-hydrogen) atoms. The van der Waals surface area contributed by atoms with Crippen LogP contribution in [0.25, 0.3) is 11.1 Å². The molecule has 0 saturated heterocycles. The van der Waals surface area contributed by atoms with Crippen LogP contribution in [-0.2, 0) is 16.1 Å². The third-order valence-electron chi connectivity index (χ3n) is 7.04. The molecule has 0 saturated carbocycles. The molecule has 5 nitrogen and oxygen atoms in total. The fourth-order valence-electron chi connectivity index (χ4n) is 4.99. The van der Waals surface area contributed by atoms with Gasteiger partial charge in [-0.2, -0.15) is 0 Å². The molecule has 202 valence electrons. The van der Waals surface area contributed by atoms with Gasteiger partial charge in [-0.1, -0.05) is 78.9 Å². The Bertz CT molecular complexity index is 1340. The topological polar surface area (TPSA) is 48.0 Å². The van der Waals surface area contributed by atoms with Crippen LogP contribution in [0.5, 0.6) is 11.5 Å². The highest BCUT2D eigenvalue weighted by molar-refractivity contribution is 5.74. The van der Waals surface area contributed by atoms with Crippen molar-refractivity contribution in [1.82, 2.24) is 4.90 Å². The quantitative estimate of drug-likeness (QED) is 0.179. The van der Waals surface area contributed by atoms with E-state index in [1.807, 2.05) is 49.4 Å². The Balaban J connectivity index is 1.84. The molecule has 0 aliphatic rings. The molecular weight excluding hydrogens is 486 g/mol. The van der Waals surface area contributed by atoms with Crippen LogP contribution < -0.4 is 9.47 Å². The lowest BCUT2D eigenvalue weighted by Gasteiger charge is -2.37. The number of carbonyl (C=O) groups excluding carboxylic acids is 1.